The van der Waals surface area contributed by atoms with Crippen LogP contribution in [-0.4, -0.2) is 34.4 Å². The Hall–Kier alpha value is -2.89. The maximum absolute atomic E-state index is 12.4. The van der Waals surface area contributed by atoms with Gasteiger partial charge in [0.2, 0.25) is 5.75 Å². The van der Waals surface area contributed by atoms with E-state index in [1.807, 2.05) is 24.3 Å². The van der Waals surface area contributed by atoms with E-state index in [0.717, 1.165) is 16.9 Å². The van der Waals surface area contributed by atoms with E-state index in [-0.39, 0.29) is 0 Å². The molecular formula is C19H20O6. The van der Waals surface area contributed by atoms with Crippen LogP contribution in [0.2, 0.25) is 0 Å². The largest absolute Gasteiger partial charge is 0.497 e. The van der Waals surface area contributed by atoms with Crippen LogP contribution in [0.3, 0.4) is 0 Å². The molecule has 0 fully saturated rings. The highest BCUT2D eigenvalue weighted by atomic mass is 16.6. The summed E-state index contributed by atoms with van der Waals surface area (Å²) in [6, 6.07) is 9.42. The van der Waals surface area contributed by atoms with Gasteiger partial charge in [0.1, 0.15) is 17.4 Å². The molecule has 2 aromatic carbocycles. The van der Waals surface area contributed by atoms with E-state index in [2.05, 4.69) is 0 Å². The molecule has 132 valence electrons. The van der Waals surface area contributed by atoms with Gasteiger partial charge in [-0.2, -0.15) is 0 Å². The lowest BCUT2D eigenvalue weighted by Gasteiger charge is -2.16. The quantitative estimate of drug-likeness (QED) is 0.750. The highest BCUT2D eigenvalue weighted by Gasteiger charge is 2.37. The summed E-state index contributed by atoms with van der Waals surface area (Å²) in [6.45, 7) is 0. The minimum Gasteiger partial charge on any atom is -0.497 e. The van der Waals surface area contributed by atoms with Crippen LogP contribution in [0.5, 0.6) is 23.0 Å². The van der Waals surface area contributed by atoms with Crippen LogP contribution in [-0.2, 0) is 11.2 Å². The van der Waals surface area contributed by atoms with Crippen LogP contribution >= 0.6 is 0 Å². The molecule has 0 saturated carbocycles. The first kappa shape index (κ1) is 17.0. The van der Waals surface area contributed by atoms with Gasteiger partial charge < -0.3 is 23.7 Å². The first-order chi connectivity index (χ1) is 12.1. The molecule has 3 rings (SSSR count). The summed E-state index contributed by atoms with van der Waals surface area (Å²) >= 11 is 0. The SMILES string of the molecule is COc1ccc(C[C@@H]2OC(=O)c3c2cc(OC)c(OC)c3OC)cc1. The van der Waals surface area contributed by atoms with Crippen LogP contribution < -0.4 is 18.9 Å². The standard InChI is InChI=1S/C19H20O6/c1-21-12-7-5-11(6-8-12)9-14-13-10-15(22-2)17(23-3)18(24-4)16(13)19(20)25-14/h5-8,10,14H,9H2,1-4H3/t14-/m0/s1. The normalized spacial score (nSPS) is 15.4. The van der Waals surface area contributed by atoms with E-state index in [0.29, 0.717) is 29.2 Å². The van der Waals surface area contributed by atoms with Gasteiger partial charge in [0.15, 0.2) is 11.5 Å². The number of fused-ring (bicyclic) bond motifs is 1. The Morgan fingerprint density at radius 3 is 2.16 bits per heavy atom. The van der Waals surface area contributed by atoms with Crippen molar-refractivity contribution in [3.8, 4) is 23.0 Å². The van der Waals surface area contributed by atoms with E-state index in [4.69, 9.17) is 23.7 Å². The van der Waals surface area contributed by atoms with Crippen LogP contribution in [0.4, 0.5) is 0 Å². The minimum atomic E-state index is -0.425. The van der Waals surface area contributed by atoms with E-state index in [1.165, 1.54) is 14.2 Å². The summed E-state index contributed by atoms with van der Waals surface area (Å²) in [4.78, 5) is 12.4. The molecule has 2 aromatic rings. The van der Waals surface area contributed by atoms with Crippen molar-refractivity contribution in [2.24, 2.45) is 0 Å². The summed E-state index contributed by atoms with van der Waals surface area (Å²) in [6.07, 6.45) is 0.131. The van der Waals surface area contributed by atoms with Crippen molar-refractivity contribution in [2.75, 3.05) is 28.4 Å². The predicted molar refractivity (Wildman–Crippen MR) is 91.0 cm³/mol. The molecule has 6 nitrogen and oxygen atoms in total. The number of carbonyl (C=O) groups excluding carboxylic acids is 1. The summed E-state index contributed by atoms with van der Waals surface area (Å²) in [7, 11) is 6.15. The maximum atomic E-state index is 12.4. The van der Waals surface area contributed by atoms with Gasteiger partial charge in [0.25, 0.3) is 0 Å². The zero-order chi connectivity index (χ0) is 18.0. The van der Waals surface area contributed by atoms with Crippen molar-refractivity contribution in [2.45, 2.75) is 12.5 Å². The second kappa shape index (κ2) is 6.93. The molecule has 0 radical (unpaired) electrons. The van der Waals surface area contributed by atoms with E-state index in [9.17, 15) is 4.79 Å². The third-order valence-electron chi connectivity index (χ3n) is 4.24. The van der Waals surface area contributed by atoms with Crippen molar-refractivity contribution >= 4 is 5.97 Å². The molecular weight excluding hydrogens is 324 g/mol. The molecule has 0 aromatic heterocycles. The number of cyclic esters (lactones) is 1. The number of rotatable bonds is 6. The topological polar surface area (TPSA) is 63.2 Å². The lowest BCUT2D eigenvalue weighted by atomic mass is 9.97. The molecule has 1 heterocycles. The zero-order valence-electron chi connectivity index (χ0n) is 14.6. The molecule has 0 unspecified atom stereocenters. The average Bonchev–Trinajstić information content (AvgIpc) is 2.95. The summed E-state index contributed by atoms with van der Waals surface area (Å²) in [5.41, 5.74) is 2.15. The number of carbonyl (C=O) groups is 1. The van der Waals surface area contributed by atoms with Crippen LogP contribution in [0.15, 0.2) is 30.3 Å². The molecule has 1 aliphatic heterocycles. The van der Waals surface area contributed by atoms with Gasteiger partial charge in [0, 0.05) is 12.0 Å². The number of benzene rings is 2. The van der Waals surface area contributed by atoms with E-state index >= 15 is 0 Å². The Morgan fingerprint density at radius 1 is 0.920 bits per heavy atom. The fraction of sp³-hybridized carbons (Fsp3) is 0.316. The lowest BCUT2D eigenvalue weighted by molar-refractivity contribution is 0.0385. The zero-order valence-corrected chi connectivity index (χ0v) is 14.6. The predicted octanol–water partition coefficient (Wildman–Crippen LogP) is 3.18. The first-order valence-electron chi connectivity index (χ1n) is 7.79. The molecule has 1 atom stereocenters. The lowest BCUT2D eigenvalue weighted by Crippen LogP contribution is -2.03. The Labute approximate surface area is 146 Å². The van der Waals surface area contributed by atoms with Crippen molar-refractivity contribution in [3.05, 3.63) is 47.0 Å². The molecule has 1 aliphatic rings. The molecule has 6 heteroatoms. The van der Waals surface area contributed by atoms with Gasteiger partial charge in [-0.15, -0.1) is 0 Å². The smallest absolute Gasteiger partial charge is 0.343 e. The molecule has 0 amide bonds. The van der Waals surface area contributed by atoms with Gasteiger partial charge in [-0.1, -0.05) is 12.1 Å². The number of methoxy groups -OCH3 is 4. The first-order valence-corrected chi connectivity index (χ1v) is 7.79. The van der Waals surface area contributed by atoms with Gasteiger partial charge in [-0.05, 0) is 23.8 Å². The molecule has 0 bridgehead atoms. The third-order valence-corrected chi connectivity index (χ3v) is 4.24. The van der Waals surface area contributed by atoms with E-state index in [1.54, 1.807) is 20.3 Å². The summed E-state index contributed by atoms with van der Waals surface area (Å²) < 4.78 is 26.9. The monoisotopic (exact) mass is 344 g/mol. The van der Waals surface area contributed by atoms with Gasteiger partial charge in [-0.25, -0.2) is 4.79 Å². The van der Waals surface area contributed by atoms with Crippen molar-refractivity contribution in [1.82, 2.24) is 0 Å². The number of hydrogen-bond donors (Lipinski definition) is 0. The Morgan fingerprint density at radius 2 is 1.60 bits per heavy atom. The molecule has 0 aliphatic carbocycles. The van der Waals surface area contributed by atoms with Gasteiger partial charge in [0.05, 0.1) is 28.4 Å². The highest BCUT2D eigenvalue weighted by molar-refractivity contribution is 5.98. The molecule has 0 spiro atoms. The molecule has 0 N–H and O–H groups in total. The summed E-state index contributed by atoms with van der Waals surface area (Å²) in [5.74, 6) is 1.56. The van der Waals surface area contributed by atoms with Crippen LogP contribution in [0, 0.1) is 0 Å². The van der Waals surface area contributed by atoms with E-state index < -0.39 is 12.1 Å². The number of esters is 1. The summed E-state index contributed by atoms with van der Waals surface area (Å²) in [5, 5.41) is 0. The van der Waals surface area contributed by atoms with Crippen molar-refractivity contribution < 1.29 is 28.5 Å². The maximum Gasteiger partial charge on any atom is 0.343 e. The van der Waals surface area contributed by atoms with Crippen molar-refractivity contribution in [3.63, 3.8) is 0 Å². The second-order valence-electron chi connectivity index (χ2n) is 5.56. The Kier molecular flexibility index (Phi) is 4.70. The van der Waals surface area contributed by atoms with Gasteiger partial charge in [-0.3, -0.25) is 0 Å². The fourth-order valence-electron chi connectivity index (χ4n) is 3.02. The second-order valence-corrected chi connectivity index (χ2v) is 5.56. The molecule has 25 heavy (non-hydrogen) atoms. The fourth-order valence-corrected chi connectivity index (χ4v) is 3.02. The van der Waals surface area contributed by atoms with Crippen LogP contribution in [0.1, 0.15) is 27.6 Å². The van der Waals surface area contributed by atoms with Crippen molar-refractivity contribution in [1.29, 1.82) is 0 Å². The average molecular weight is 344 g/mol. The number of ether oxygens (including phenoxy) is 5. The van der Waals surface area contributed by atoms with Gasteiger partial charge >= 0.3 is 5.97 Å². The minimum absolute atomic E-state index is 0.332. The molecule has 0 saturated heterocycles. The number of hydrogen-bond acceptors (Lipinski definition) is 6. The third kappa shape index (κ3) is 2.95. The van der Waals surface area contributed by atoms with Crippen LogP contribution in [0.25, 0.3) is 0 Å². The Balaban J connectivity index is 2.00. The highest BCUT2D eigenvalue weighted by Crippen LogP contribution is 2.48. The Bertz CT molecular complexity index is 781.